The fourth-order valence-electron chi connectivity index (χ4n) is 2.95. The second-order valence-corrected chi connectivity index (χ2v) is 8.01. The van der Waals surface area contributed by atoms with E-state index in [-0.39, 0.29) is 29.6 Å². The SMILES string of the molecule is O=C(NCCNS(=O)(=O)c1cccc2cnccc12)c1ccc2cnccc2n1. The second-order valence-electron chi connectivity index (χ2n) is 6.27. The first kappa shape index (κ1) is 18.9. The van der Waals surface area contributed by atoms with Crippen LogP contribution < -0.4 is 10.0 Å². The Balaban J connectivity index is 1.39. The summed E-state index contributed by atoms with van der Waals surface area (Å²) < 4.78 is 27.8. The van der Waals surface area contributed by atoms with Crippen LogP contribution in [0.5, 0.6) is 0 Å². The first-order valence-electron chi connectivity index (χ1n) is 8.86. The van der Waals surface area contributed by atoms with Crippen molar-refractivity contribution in [2.24, 2.45) is 0 Å². The van der Waals surface area contributed by atoms with Crippen molar-refractivity contribution in [1.82, 2.24) is 25.0 Å². The zero-order valence-electron chi connectivity index (χ0n) is 15.2. The Labute approximate surface area is 167 Å². The number of rotatable bonds is 6. The van der Waals surface area contributed by atoms with Gasteiger partial charge in [0, 0.05) is 54.0 Å². The second kappa shape index (κ2) is 7.90. The molecule has 1 aromatic carbocycles. The number of benzene rings is 1. The highest BCUT2D eigenvalue weighted by Crippen LogP contribution is 2.21. The summed E-state index contributed by atoms with van der Waals surface area (Å²) in [6.07, 6.45) is 6.44. The van der Waals surface area contributed by atoms with E-state index in [9.17, 15) is 13.2 Å². The molecule has 0 unspecified atom stereocenters. The van der Waals surface area contributed by atoms with E-state index < -0.39 is 10.0 Å². The summed E-state index contributed by atoms with van der Waals surface area (Å²) in [5, 5.41) is 4.83. The summed E-state index contributed by atoms with van der Waals surface area (Å²) in [6.45, 7) is 0.174. The summed E-state index contributed by atoms with van der Waals surface area (Å²) in [4.78, 5) is 24.8. The van der Waals surface area contributed by atoms with Crippen molar-refractivity contribution in [3.8, 4) is 0 Å². The number of amides is 1. The van der Waals surface area contributed by atoms with Crippen molar-refractivity contribution < 1.29 is 13.2 Å². The molecule has 4 aromatic rings. The molecule has 0 saturated carbocycles. The van der Waals surface area contributed by atoms with E-state index in [0.29, 0.717) is 10.9 Å². The van der Waals surface area contributed by atoms with Crippen LogP contribution in [-0.4, -0.2) is 42.4 Å². The summed E-state index contributed by atoms with van der Waals surface area (Å²) in [5.74, 6) is -0.376. The van der Waals surface area contributed by atoms with Crippen molar-refractivity contribution in [1.29, 1.82) is 0 Å². The third kappa shape index (κ3) is 4.05. The molecule has 0 radical (unpaired) electrons. The maximum atomic E-state index is 12.6. The first-order chi connectivity index (χ1) is 14.0. The highest BCUT2D eigenvalue weighted by atomic mass is 32.2. The molecule has 0 atom stereocenters. The van der Waals surface area contributed by atoms with Gasteiger partial charge in [0.15, 0.2) is 0 Å². The smallest absolute Gasteiger partial charge is 0.269 e. The summed E-state index contributed by atoms with van der Waals surface area (Å²) in [5.41, 5.74) is 0.923. The predicted octanol–water partition coefficient (Wildman–Crippen LogP) is 1.89. The molecular weight excluding hydrogens is 390 g/mol. The number of hydrogen-bond donors (Lipinski definition) is 2. The van der Waals surface area contributed by atoms with Gasteiger partial charge in [-0.3, -0.25) is 14.8 Å². The maximum absolute atomic E-state index is 12.6. The molecule has 8 nitrogen and oxygen atoms in total. The molecule has 146 valence electrons. The Morgan fingerprint density at radius 2 is 1.69 bits per heavy atom. The molecule has 9 heteroatoms. The van der Waals surface area contributed by atoms with E-state index in [0.717, 1.165) is 10.8 Å². The Bertz CT molecular complexity index is 1300. The van der Waals surface area contributed by atoms with Crippen LogP contribution in [0.3, 0.4) is 0 Å². The predicted molar refractivity (Wildman–Crippen MR) is 109 cm³/mol. The average molecular weight is 407 g/mol. The van der Waals surface area contributed by atoms with Gasteiger partial charge in [-0.1, -0.05) is 12.1 Å². The number of carbonyl (C=O) groups excluding carboxylic acids is 1. The zero-order chi connectivity index (χ0) is 20.3. The van der Waals surface area contributed by atoms with Crippen LogP contribution in [0.15, 0.2) is 72.1 Å². The van der Waals surface area contributed by atoms with Crippen molar-refractivity contribution in [3.05, 3.63) is 72.9 Å². The topological polar surface area (TPSA) is 114 Å². The molecule has 0 aliphatic heterocycles. The third-order valence-corrected chi connectivity index (χ3v) is 5.87. The number of aromatic nitrogens is 3. The highest BCUT2D eigenvalue weighted by molar-refractivity contribution is 7.89. The molecule has 0 saturated heterocycles. The fraction of sp³-hybridized carbons (Fsp3) is 0.100. The monoisotopic (exact) mass is 407 g/mol. The molecular formula is C20H17N5O3S. The van der Waals surface area contributed by atoms with Crippen LogP contribution >= 0.6 is 0 Å². The molecule has 0 aliphatic carbocycles. The van der Waals surface area contributed by atoms with Gasteiger partial charge >= 0.3 is 0 Å². The van der Waals surface area contributed by atoms with Crippen LogP contribution in [0.25, 0.3) is 21.7 Å². The van der Waals surface area contributed by atoms with Crippen LogP contribution in [0.2, 0.25) is 0 Å². The Kier molecular flexibility index (Phi) is 5.15. The number of sulfonamides is 1. The highest BCUT2D eigenvalue weighted by Gasteiger charge is 2.17. The standard InChI is InChI=1S/C20H17N5O3S/c26-20(18-5-4-15-13-22-9-7-17(15)25-18)23-10-11-24-29(27,28)19-3-1-2-14-12-21-8-6-16(14)19/h1-9,12-13,24H,10-11H2,(H,23,26). The lowest BCUT2D eigenvalue weighted by Gasteiger charge is -2.10. The molecule has 0 spiro atoms. The van der Waals surface area contributed by atoms with Crippen LogP contribution in [0, 0.1) is 0 Å². The van der Waals surface area contributed by atoms with E-state index in [1.165, 1.54) is 6.07 Å². The van der Waals surface area contributed by atoms with Gasteiger partial charge in [-0.15, -0.1) is 0 Å². The van der Waals surface area contributed by atoms with Gasteiger partial charge in [-0.05, 0) is 30.3 Å². The number of nitrogens with zero attached hydrogens (tertiary/aromatic N) is 3. The molecule has 0 aliphatic rings. The van der Waals surface area contributed by atoms with E-state index in [4.69, 9.17) is 0 Å². The van der Waals surface area contributed by atoms with Crippen LogP contribution in [0.1, 0.15) is 10.5 Å². The molecule has 0 bridgehead atoms. The summed E-state index contributed by atoms with van der Waals surface area (Å²) in [6, 6.07) is 11.8. The number of fused-ring (bicyclic) bond motifs is 2. The quantitative estimate of drug-likeness (QED) is 0.472. The van der Waals surface area contributed by atoms with E-state index in [1.807, 2.05) is 0 Å². The van der Waals surface area contributed by atoms with Gasteiger partial charge in [0.1, 0.15) is 5.69 Å². The van der Waals surface area contributed by atoms with E-state index >= 15 is 0 Å². The number of nitrogens with one attached hydrogen (secondary N) is 2. The third-order valence-electron chi connectivity index (χ3n) is 4.36. The van der Waals surface area contributed by atoms with Gasteiger partial charge in [-0.25, -0.2) is 18.1 Å². The average Bonchev–Trinajstić information content (AvgIpc) is 2.75. The van der Waals surface area contributed by atoms with Gasteiger partial charge in [0.2, 0.25) is 10.0 Å². The van der Waals surface area contributed by atoms with E-state index in [2.05, 4.69) is 25.0 Å². The lowest BCUT2D eigenvalue weighted by Crippen LogP contribution is -2.35. The zero-order valence-corrected chi connectivity index (χ0v) is 16.1. The minimum Gasteiger partial charge on any atom is -0.349 e. The minimum absolute atomic E-state index is 0.0487. The minimum atomic E-state index is -3.73. The lowest BCUT2D eigenvalue weighted by atomic mass is 10.2. The van der Waals surface area contributed by atoms with E-state index in [1.54, 1.807) is 61.2 Å². The molecule has 1 amide bonds. The molecule has 2 N–H and O–H groups in total. The fourth-order valence-corrected chi connectivity index (χ4v) is 4.21. The first-order valence-corrected chi connectivity index (χ1v) is 10.3. The molecule has 3 aromatic heterocycles. The molecule has 4 rings (SSSR count). The Morgan fingerprint density at radius 1 is 0.897 bits per heavy atom. The number of carbonyl (C=O) groups is 1. The van der Waals surface area contributed by atoms with Gasteiger partial charge < -0.3 is 5.32 Å². The maximum Gasteiger partial charge on any atom is 0.269 e. The van der Waals surface area contributed by atoms with Crippen molar-refractivity contribution in [2.45, 2.75) is 4.90 Å². The summed E-state index contributed by atoms with van der Waals surface area (Å²) in [7, 11) is -3.73. The molecule has 29 heavy (non-hydrogen) atoms. The molecule has 0 fully saturated rings. The number of pyridine rings is 3. The normalized spacial score (nSPS) is 11.6. The largest absolute Gasteiger partial charge is 0.349 e. The Morgan fingerprint density at radius 3 is 2.55 bits per heavy atom. The summed E-state index contributed by atoms with van der Waals surface area (Å²) >= 11 is 0. The van der Waals surface area contributed by atoms with Crippen molar-refractivity contribution >= 4 is 37.6 Å². The van der Waals surface area contributed by atoms with Crippen molar-refractivity contribution in [3.63, 3.8) is 0 Å². The van der Waals surface area contributed by atoms with Gasteiger partial charge in [-0.2, -0.15) is 0 Å². The Hall–Kier alpha value is -3.43. The van der Waals surface area contributed by atoms with Gasteiger partial charge in [0.05, 0.1) is 10.4 Å². The van der Waals surface area contributed by atoms with Crippen LogP contribution in [-0.2, 0) is 10.0 Å². The molecule has 3 heterocycles. The number of hydrogen-bond acceptors (Lipinski definition) is 6. The lowest BCUT2D eigenvalue weighted by molar-refractivity contribution is 0.0949. The van der Waals surface area contributed by atoms with Crippen molar-refractivity contribution in [2.75, 3.05) is 13.1 Å². The van der Waals surface area contributed by atoms with Gasteiger partial charge in [0.25, 0.3) is 5.91 Å². The van der Waals surface area contributed by atoms with Crippen LogP contribution in [0.4, 0.5) is 0 Å².